The summed E-state index contributed by atoms with van der Waals surface area (Å²) >= 11 is 0. The smallest absolute Gasteiger partial charge is 0.117 e. The lowest BCUT2D eigenvalue weighted by molar-refractivity contribution is 0.243. The Morgan fingerprint density at radius 2 is 2.14 bits per heavy atom. The third-order valence-electron chi connectivity index (χ3n) is 0.455. The molecule has 0 fully saturated rings. The minimum Gasteiger partial charge on any atom is -0.501 e. The van der Waals surface area contributed by atoms with Crippen LogP contribution in [-0.2, 0) is 9.47 Å². The summed E-state index contributed by atoms with van der Waals surface area (Å²) in [5.74, 6) is 0. The predicted molar refractivity (Wildman–Crippen MR) is 27.8 cm³/mol. The van der Waals surface area contributed by atoms with Gasteiger partial charge >= 0.3 is 0 Å². The topological polar surface area (TPSA) is 18.5 Å². The highest BCUT2D eigenvalue weighted by Gasteiger charge is 1.64. The van der Waals surface area contributed by atoms with Gasteiger partial charge in [0.1, 0.15) is 12.5 Å². The summed E-state index contributed by atoms with van der Waals surface area (Å²) in [7, 11) is 1.58. The minimum atomic E-state index is 0.694. The number of hydrogen-bond donors (Lipinski definition) is 0. The van der Waals surface area contributed by atoms with Crippen molar-refractivity contribution in [2.75, 3.05) is 13.7 Å². The van der Waals surface area contributed by atoms with Crippen molar-refractivity contribution >= 4 is 0 Å². The van der Waals surface area contributed by atoms with Crippen molar-refractivity contribution in [3.63, 3.8) is 0 Å². The first kappa shape index (κ1) is 6.34. The van der Waals surface area contributed by atoms with Crippen LogP contribution in [0.4, 0.5) is 0 Å². The summed E-state index contributed by atoms with van der Waals surface area (Å²) in [4.78, 5) is 0. The first-order valence-electron chi connectivity index (χ1n) is 2.21. The van der Waals surface area contributed by atoms with E-state index in [0.717, 1.165) is 0 Å². The Hall–Kier alpha value is -0.660. The number of rotatable bonds is 3. The van der Waals surface area contributed by atoms with Crippen LogP contribution < -0.4 is 0 Å². The molecule has 0 aliphatic heterocycles. The molecular formula is C5H10O2. The van der Waals surface area contributed by atoms with Gasteiger partial charge in [0.05, 0.1) is 13.7 Å². The lowest BCUT2D eigenvalue weighted by Crippen LogP contribution is -1.76. The molecule has 0 amide bonds. The van der Waals surface area contributed by atoms with Gasteiger partial charge in [0.2, 0.25) is 0 Å². The lowest BCUT2D eigenvalue weighted by atomic mass is 10.9. The van der Waals surface area contributed by atoms with Crippen molar-refractivity contribution in [3.05, 3.63) is 12.5 Å². The van der Waals surface area contributed by atoms with Crippen LogP contribution in [0.25, 0.3) is 0 Å². The van der Waals surface area contributed by atoms with E-state index in [9.17, 15) is 0 Å². The summed E-state index contributed by atoms with van der Waals surface area (Å²) < 4.78 is 9.31. The van der Waals surface area contributed by atoms with E-state index in [-0.39, 0.29) is 0 Å². The van der Waals surface area contributed by atoms with E-state index in [1.54, 1.807) is 7.11 Å². The molecule has 42 valence electrons. The maximum absolute atomic E-state index is 4.77. The average molecular weight is 102 g/mol. The van der Waals surface area contributed by atoms with Gasteiger partial charge in [-0.1, -0.05) is 0 Å². The molecule has 0 saturated carbocycles. The molecule has 7 heavy (non-hydrogen) atoms. The Balaban J connectivity index is 2.78. The highest BCUT2D eigenvalue weighted by atomic mass is 16.5. The quantitative estimate of drug-likeness (QED) is 0.497. The van der Waals surface area contributed by atoms with Crippen molar-refractivity contribution < 1.29 is 9.47 Å². The summed E-state index contributed by atoms with van der Waals surface area (Å²) in [5, 5.41) is 0. The SMILES string of the molecule is CCO/C=C/OC. The standard InChI is InChI=1S/C5H10O2/c1-3-7-5-4-6-2/h4-5H,3H2,1-2H3/b5-4+. The van der Waals surface area contributed by atoms with Crippen LogP contribution in [0.3, 0.4) is 0 Å². The van der Waals surface area contributed by atoms with Gasteiger partial charge in [0, 0.05) is 0 Å². The zero-order valence-electron chi connectivity index (χ0n) is 4.68. The third kappa shape index (κ3) is 5.34. The molecule has 0 radical (unpaired) electrons. The molecule has 0 unspecified atom stereocenters. The minimum absolute atomic E-state index is 0.694. The predicted octanol–water partition coefficient (Wildman–Crippen LogP) is 1.14. The van der Waals surface area contributed by atoms with Gasteiger partial charge in [-0.3, -0.25) is 0 Å². The van der Waals surface area contributed by atoms with Crippen molar-refractivity contribution in [2.45, 2.75) is 6.92 Å². The van der Waals surface area contributed by atoms with Crippen LogP contribution in [0.1, 0.15) is 6.92 Å². The molecule has 0 rings (SSSR count). The van der Waals surface area contributed by atoms with Crippen molar-refractivity contribution in [1.82, 2.24) is 0 Å². The molecule has 0 spiro atoms. The summed E-state index contributed by atoms with van der Waals surface area (Å²) in [6.07, 6.45) is 3.00. The maximum atomic E-state index is 4.77. The van der Waals surface area contributed by atoms with E-state index in [1.807, 2.05) is 6.92 Å². The molecule has 0 aromatic carbocycles. The first-order valence-corrected chi connectivity index (χ1v) is 2.21. The Kier molecular flexibility index (Phi) is 4.84. The van der Waals surface area contributed by atoms with E-state index < -0.39 is 0 Å². The maximum Gasteiger partial charge on any atom is 0.117 e. The van der Waals surface area contributed by atoms with Crippen LogP contribution >= 0.6 is 0 Å². The number of methoxy groups -OCH3 is 1. The zero-order valence-corrected chi connectivity index (χ0v) is 4.68. The third-order valence-corrected chi connectivity index (χ3v) is 0.455. The summed E-state index contributed by atoms with van der Waals surface area (Å²) in [6, 6.07) is 0. The Bertz CT molecular complexity index is 50.0. The molecule has 2 heteroatoms. The van der Waals surface area contributed by atoms with Crippen LogP contribution in [0.15, 0.2) is 12.5 Å². The van der Waals surface area contributed by atoms with Crippen molar-refractivity contribution in [3.8, 4) is 0 Å². The van der Waals surface area contributed by atoms with Crippen LogP contribution in [-0.4, -0.2) is 13.7 Å². The zero-order chi connectivity index (χ0) is 5.54. The van der Waals surface area contributed by atoms with E-state index in [1.165, 1.54) is 12.5 Å². The molecule has 0 bridgehead atoms. The van der Waals surface area contributed by atoms with Gasteiger partial charge in [-0.2, -0.15) is 0 Å². The van der Waals surface area contributed by atoms with E-state index >= 15 is 0 Å². The monoisotopic (exact) mass is 102 g/mol. The largest absolute Gasteiger partial charge is 0.501 e. The molecule has 0 aliphatic carbocycles. The number of hydrogen-bond acceptors (Lipinski definition) is 2. The second kappa shape index (κ2) is 5.34. The second-order valence-electron chi connectivity index (χ2n) is 0.963. The Morgan fingerprint density at radius 1 is 1.43 bits per heavy atom. The molecular weight excluding hydrogens is 92.1 g/mol. The second-order valence-corrected chi connectivity index (χ2v) is 0.963. The molecule has 0 aromatic heterocycles. The molecule has 0 atom stereocenters. The number of ether oxygens (including phenoxy) is 2. The van der Waals surface area contributed by atoms with Crippen LogP contribution in [0.2, 0.25) is 0 Å². The van der Waals surface area contributed by atoms with Crippen molar-refractivity contribution in [2.24, 2.45) is 0 Å². The molecule has 0 aliphatic rings. The molecule has 0 N–H and O–H groups in total. The van der Waals surface area contributed by atoms with Crippen LogP contribution in [0.5, 0.6) is 0 Å². The van der Waals surface area contributed by atoms with E-state index in [2.05, 4.69) is 4.74 Å². The highest BCUT2D eigenvalue weighted by Crippen LogP contribution is 1.74. The van der Waals surface area contributed by atoms with Gasteiger partial charge in [-0.15, -0.1) is 0 Å². The van der Waals surface area contributed by atoms with E-state index in [4.69, 9.17) is 4.74 Å². The summed E-state index contributed by atoms with van der Waals surface area (Å²) in [5.41, 5.74) is 0. The summed E-state index contributed by atoms with van der Waals surface area (Å²) in [6.45, 7) is 2.61. The Labute approximate surface area is 43.7 Å². The molecule has 2 nitrogen and oxygen atoms in total. The fourth-order valence-corrected chi connectivity index (χ4v) is 0.191. The van der Waals surface area contributed by atoms with E-state index in [0.29, 0.717) is 6.61 Å². The highest BCUT2D eigenvalue weighted by molar-refractivity contribution is 4.57. The van der Waals surface area contributed by atoms with Crippen molar-refractivity contribution in [1.29, 1.82) is 0 Å². The first-order chi connectivity index (χ1) is 3.41. The Morgan fingerprint density at radius 3 is 2.57 bits per heavy atom. The molecule has 0 saturated heterocycles. The fraction of sp³-hybridized carbons (Fsp3) is 0.600. The molecule has 0 aromatic rings. The van der Waals surface area contributed by atoms with Gasteiger partial charge < -0.3 is 9.47 Å². The normalized spacial score (nSPS) is 9.43. The van der Waals surface area contributed by atoms with Gasteiger partial charge in [-0.25, -0.2) is 0 Å². The average Bonchev–Trinajstić information content (AvgIpc) is 1.69. The van der Waals surface area contributed by atoms with Crippen LogP contribution in [0, 0.1) is 0 Å². The fourth-order valence-electron chi connectivity index (χ4n) is 0.191. The molecule has 0 heterocycles. The van der Waals surface area contributed by atoms with Gasteiger partial charge in [-0.05, 0) is 6.92 Å². The lowest BCUT2D eigenvalue weighted by Gasteiger charge is -1.89. The van der Waals surface area contributed by atoms with Gasteiger partial charge in [0.15, 0.2) is 0 Å². The van der Waals surface area contributed by atoms with Gasteiger partial charge in [0.25, 0.3) is 0 Å².